The highest BCUT2D eigenvalue weighted by Gasteiger charge is 1.98. The fourth-order valence-corrected chi connectivity index (χ4v) is 3.19. The Hall–Kier alpha value is -0.310. The summed E-state index contributed by atoms with van der Waals surface area (Å²) in [7, 11) is 0. The van der Waals surface area contributed by atoms with Crippen molar-refractivity contribution < 1.29 is 0 Å². The Kier molecular flexibility index (Phi) is 11.9. The van der Waals surface area contributed by atoms with E-state index in [2.05, 4.69) is 32.4 Å². The lowest BCUT2D eigenvalue weighted by atomic mass is 10.0. The van der Waals surface area contributed by atoms with Gasteiger partial charge in [0.2, 0.25) is 0 Å². The van der Waals surface area contributed by atoms with Gasteiger partial charge in [-0.3, -0.25) is 0 Å². The molecule has 122 valence electrons. The maximum Gasteiger partial charge on any atom is 0.177 e. The summed E-state index contributed by atoms with van der Waals surface area (Å²) < 4.78 is 3.14. The highest BCUT2D eigenvalue weighted by Crippen LogP contribution is 2.13. The lowest BCUT2D eigenvalue weighted by Gasteiger charge is -2.04. The van der Waals surface area contributed by atoms with Crippen molar-refractivity contribution >= 4 is 15.9 Å². The zero-order valence-corrected chi connectivity index (χ0v) is 15.4. The van der Waals surface area contributed by atoms with Crippen LogP contribution in [-0.2, 0) is 6.54 Å². The number of aryl methyl sites for hydroxylation is 1. The van der Waals surface area contributed by atoms with Crippen molar-refractivity contribution in [1.29, 1.82) is 0 Å². The third kappa shape index (κ3) is 10.1. The van der Waals surface area contributed by atoms with Gasteiger partial charge in [0.05, 0.1) is 0 Å². The van der Waals surface area contributed by atoms with Crippen LogP contribution in [0.15, 0.2) is 17.1 Å². The van der Waals surface area contributed by atoms with Gasteiger partial charge in [-0.2, -0.15) is 0 Å². The van der Waals surface area contributed by atoms with Gasteiger partial charge in [0.15, 0.2) is 4.73 Å². The topological polar surface area (TPSA) is 17.8 Å². The molecule has 1 rings (SSSR count). The maximum absolute atomic E-state index is 4.18. The van der Waals surface area contributed by atoms with Gasteiger partial charge in [0.25, 0.3) is 0 Å². The Bertz CT molecular complexity index is 336. The summed E-state index contributed by atoms with van der Waals surface area (Å²) >= 11 is 3.46. The van der Waals surface area contributed by atoms with Gasteiger partial charge in [0.1, 0.15) is 0 Å². The third-order valence-electron chi connectivity index (χ3n) is 4.17. The molecule has 21 heavy (non-hydrogen) atoms. The van der Waals surface area contributed by atoms with Crippen molar-refractivity contribution in [3.63, 3.8) is 0 Å². The number of hydrogen-bond acceptors (Lipinski definition) is 1. The first-order chi connectivity index (χ1) is 10.3. The Morgan fingerprint density at radius 2 is 1.29 bits per heavy atom. The number of aromatic nitrogens is 2. The molecule has 0 radical (unpaired) electrons. The molecule has 0 spiro atoms. The second-order valence-corrected chi connectivity index (χ2v) is 6.84. The van der Waals surface area contributed by atoms with Crippen LogP contribution in [-0.4, -0.2) is 9.55 Å². The summed E-state index contributed by atoms with van der Waals surface area (Å²) in [4.78, 5) is 4.18. The minimum atomic E-state index is 0.960. The van der Waals surface area contributed by atoms with Crippen LogP contribution < -0.4 is 0 Å². The van der Waals surface area contributed by atoms with Crippen LogP contribution >= 0.6 is 15.9 Å². The lowest BCUT2D eigenvalue weighted by Crippen LogP contribution is -1.96. The van der Waals surface area contributed by atoms with E-state index in [-0.39, 0.29) is 0 Å². The summed E-state index contributed by atoms with van der Waals surface area (Å²) in [5.74, 6) is 0. The van der Waals surface area contributed by atoms with Gasteiger partial charge in [-0.25, -0.2) is 4.98 Å². The van der Waals surface area contributed by atoms with E-state index in [4.69, 9.17) is 0 Å². The minimum absolute atomic E-state index is 0.960. The van der Waals surface area contributed by atoms with E-state index < -0.39 is 0 Å². The van der Waals surface area contributed by atoms with Crippen molar-refractivity contribution in [1.82, 2.24) is 9.55 Å². The molecular formula is C18H33BrN2. The molecule has 0 fully saturated rings. The molecule has 1 heterocycles. The Morgan fingerprint density at radius 3 is 1.71 bits per heavy atom. The van der Waals surface area contributed by atoms with Crippen molar-refractivity contribution in [2.24, 2.45) is 0 Å². The smallest absolute Gasteiger partial charge is 0.177 e. The lowest BCUT2D eigenvalue weighted by molar-refractivity contribution is 0.524. The number of imidazole rings is 1. The van der Waals surface area contributed by atoms with Crippen LogP contribution in [0.4, 0.5) is 0 Å². The molecule has 0 saturated heterocycles. The van der Waals surface area contributed by atoms with E-state index in [1.165, 1.54) is 83.5 Å². The average molecular weight is 357 g/mol. The van der Waals surface area contributed by atoms with Crippen molar-refractivity contribution in [3.8, 4) is 0 Å². The van der Waals surface area contributed by atoms with Gasteiger partial charge < -0.3 is 4.57 Å². The Morgan fingerprint density at radius 1 is 0.810 bits per heavy atom. The Labute approximate surface area is 139 Å². The Balaban J connectivity index is 1.76. The number of hydrogen-bond donors (Lipinski definition) is 0. The molecule has 1 aromatic rings. The van der Waals surface area contributed by atoms with E-state index in [1.54, 1.807) is 0 Å². The summed E-state index contributed by atoms with van der Waals surface area (Å²) in [5.41, 5.74) is 0. The standard InChI is InChI=1S/C18H33BrN2/c1-2-3-4-5-6-7-8-9-10-11-12-13-14-16-21-17-15-20-18(21)19/h15,17H,2-14,16H2,1H3. The first-order valence-electron chi connectivity index (χ1n) is 9.01. The maximum atomic E-state index is 4.18. The zero-order chi connectivity index (χ0) is 15.2. The molecule has 0 bridgehead atoms. The fourth-order valence-electron chi connectivity index (χ4n) is 2.78. The summed E-state index contributed by atoms with van der Waals surface area (Å²) in [6, 6.07) is 0. The van der Waals surface area contributed by atoms with Gasteiger partial charge in [-0.15, -0.1) is 0 Å². The molecule has 2 nitrogen and oxygen atoms in total. The largest absolute Gasteiger partial charge is 0.326 e. The third-order valence-corrected chi connectivity index (χ3v) is 4.83. The number of halogens is 1. The van der Waals surface area contributed by atoms with Crippen LogP contribution in [0.2, 0.25) is 0 Å². The van der Waals surface area contributed by atoms with Crippen molar-refractivity contribution in [3.05, 3.63) is 17.1 Å². The molecule has 0 amide bonds. The summed E-state index contributed by atoms with van der Waals surface area (Å²) in [6.07, 6.45) is 22.3. The minimum Gasteiger partial charge on any atom is -0.326 e. The van der Waals surface area contributed by atoms with Gasteiger partial charge in [-0.1, -0.05) is 84.0 Å². The molecule has 0 aliphatic carbocycles. The molecule has 0 atom stereocenters. The number of nitrogens with zero attached hydrogens (tertiary/aromatic N) is 2. The monoisotopic (exact) mass is 356 g/mol. The molecule has 1 aromatic heterocycles. The van der Waals surface area contributed by atoms with Crippen LogP contribution in [0.5, 0.6) is 0 Å². The molecule has 3 heteroatoms. The van der Waals surface area contributed by atoms with Gasteiger partial charge in [0, 0.05) is 18.9 Å². The van der Waals surface area contributed by atoms with E-state index >= 15 is 0 Å². The molecule has 0 N–H and O–H groups in total. The van der Waals surface area contributed by atoms with Gasteiger partial charge in [-0.05, 0) is 22.4 Å². The molecule has 0 aromatic carbocycles. The van der Waals surface area contributed by atoms with E-state index in [0.29, 0.717) is 0 Å². The van der Waals surface area contributed by atoms with Crippen LogP contribution in [0, 0.1) is 0 Å². The quantitative estimate of drug-likeness (QED) is 0.337. The fraction of sp³-hybridized carbons (Fsp3) is 0.833. The highest BCUT2D eigenvalue weighted by molar-refractivity contribution is 9.10. The SMILES string of the molecule is CCCCCCCCCCCCCCCn1ccnc1Br. The molecular weight excluding hydrogens is 324 g/mol. The highest BCUT2D eigenvalue weighted by atomic mass is 79.9. The molecule has 0 aliphatic heterocycles. The number of rotatable bonds is 14. The van der Waals surface area contributed by atoms with Crippen molar-refractivity contribution in [2.45, 2.75) is 96.9 Å². The zero-order valence-electron chi connectivity index (χ0n) is 13.8. The normalized spacial score (nSPS) is 11.1. The predicted octanol–water partition coefficient (Wildman–Crippen LogP) is 6.74. The van der Waals surface area contributed by atoms with Crippen LogP contribution in [0.25, 0.3) is 0 Å². The molecule has 0 aliphatic rings. The second-order valence-electron chi connectivity index (χ2n) is 6.13. The van der Waals surface area contributed by atoms with Crippen molar-refractivity contribution in [2.75, 3.05) is 0 Å². The summed E-state index contributed by atoms with van der Waals surface area (Å²) in [6.45, 7) is 3.38. The van der Waals surface area contributed by atoms with Crippen LogP contribution in [0.3, 0.4) is 0 Å². The second kappa shape index (κ2) is 13.4. The van der Waals surface area contributed by atoms with Crippen LogP contribution in [0.1, 0.15) is 90.4 Å². The van der Waals surface area contributed by atoms with E-state index in [9.17, 15) is 0 Å². The first-order valence-corrected chi connectivity index (χ1v) is 9.80. The first kappa shape index (κ1) is 18.7. The van der Waals surface area contributed by atoms with E-state index in [0.717, 1.165) is 11.3 Å². The summed E-state index contributed by atoms with van der Waals surface area (Å²) in [5, 5.41) is 0. The van der Waals surface area contributed by atoms with E-state index in [1.807, 2.05) is 12.4 Å². The average Bonchev–Trinajstić information content (AvgIpc) is 2.89. The molecule has 0 unspecified atom stereocenters. The number of unbranched alkanes of at least 4 members (excludes halogenated alkanes) is 12. The predicted molar refractivity (Wildman–Crippen MR) is 95.6 cm³/mol. The molecule has 0 saturated carbocycles. The van der Waals surface area contributed by atoms with Gasteiger partial charge >= 0.3 is 0 Å².